The van der Waals surface area contributed by atoms with E-state index in [0.717, 1.165) is 16.6 Å². The van der Waals surface area contributed by atoms with Crippen molar-refractivity contribution in [2.45, 2.75) is 6.92 Å². The van der Waals surface area contributed by atoms with Crippen molar-refractivity contribution in [2.24, 2.45) is 0 Å². The second-order valence-electron chi connectivity index (χ2n) is 4.07. The van der Waals surface area contributed by atoms with Crippen LogP contribution in [0.15, 0.2) is 48.5 Å². The van der Waals surface area contributed by atoms with Crippen LogP contribution < -0.4 is 18.9 Å². The fraction of sp³-hybridized carbons (Fsp3) is 0.0714. The van der Waals surface area contributed by atoms with Crippen molar-refractivity contribution in [1.29, 1.82) is 0 Å². The number of nitrogens with zero attached hydrogens (tertiary/aromatic N) is 3. The monoisotopic (exact) mass is 229 g/mol. The van der Waals surface area contributed by atoms with Crippen molar-refractivity contribution in [2.75, 3.05) is 0 Å². The number of rotatable bonds is 2. The molecule has 3 nitrogen and oxygen atoms in total. The molecule has 3 rings (SSSR count). The summed E-state index contributed by atoms with van der Waals surface area (Å²) >= 11 is 0. The average molecular weight is 229 g/mol. The van der Waals surface area contributed by atoms with Crippen molar-refractivity contribution < 1.29 is 18.9 Å². The Kier molecular flexibility index (Phi) is 3.76. The quantitative estimate of drug-likeness (QED) is 0.450. The van der Waals surface area contributed by atoms with Crippen LogP contribution in [-0.4, -0.2) is 15.0 Å². The molecule has 0 unspecified atom stereocenters. The van der Waals surface area contributed by atoms with Crippen LogP contribution >= 0.6 is 0 Å². The maximum atomic E-state index is 4.13. The molecule has 4 heteroatoms. The molecule has 84 valence electrons. The second kappa shape index (κ2) is 5.30. The van der Waals surface area contributed by atoms with Crippen LogP contribution in [0.3, 0.4) is 0 Å². The first-order chi connectivity index (χ1) is 8.33. The Hall–Kier alpha value is -1.69. The summed E-state index contributed by atoms with van der Waals surface area (Å²) in [5.74, 6) is 0. The van der Waals surface area contributed by atoms with Gasteiger partial charge in [-0.15, -0.1) is 28.9 Å². The van der Waals surface area contributed by atoms with Gasteiger partial charge in [-0.2, -0.15) is 0 Å². The Balaban J connectivity index is 0.00000120. The fourth-order valence-corrected chi connectivity index (χ4v) is 1.87. The second-order valence-corrected chi connectivity index (χ2v) is 4.07. The summed E-state index contributed by atoms with van der Waals surface area (Å²) in [7, 11) is 0. The molecule has 1 aromatic heterocycles. The third kappa shape index (κ3) is 2.43. The van der Waals surface area contributed by atoms with Gasteiger partial charge in [0.2, 0.25) is 0 Å². The minimum atomic E-state index is 0. The third-order valence-corrected chi connectivity index (χ3v) is 2.69. The van der Waals surface area contributed by atoms with Crippen LogP contribution in [0.5, 0.6) is 0 Å². The predicted molar refractivity (Wildman–Crippen MR) is 67.5 cm³/mol. The molecule has 0 N–H and O–H groups in total. The molecule has 0 amide bonds. The number of benzene rings is 2. The van der Waals surface area contributed by atoms with E-state index in [1.54, 1.807) is 0 Å². The molecule has 0 atom stereocenters. The Labute approximate surface area is 118 Å². The van der Waals surface area contributed by atoms with Gasteiger partial charge in [-0.1, -0.05) is 41.6 Å². The molecule has 0 fully saturated rings. The maximum absolute atomic E-state index is 4.13. The standard InChI is InChI=1S/C14H12N3.Li/c1-11-5-4-6-12(9-11)10-17-14-8-3-2-7-13(14)15-16-17;/h2-10H,1H3;/q-1;+1. The van der Waals surface area contributed by atoms with E-state index < -0.39 is 0 Å². The van der Waals surface area contributed by atoms with Gasteiger partial charge >= 0.3 is 18.9 Å². The van der Waals surface area contributed by atoms with Gasteiger partial charge in [-0.05, 0) is 13.0 Å². The minimum absolute atomic E-state index is 0. The Morgan fingerprint density at radius 1 is 1.06 bits per heavy atom. The van der Waals surface area contributed by atoms with Gasteiger partial charge in [0.05, 0.1) is 5.52 Å². The summed E-state index contributed by atoms with van der Waals surface area (Å²) in [6.45, 7) is 4.07. The van der Waals surface area contributed by atoms with Crippen molar-refractivity contribution in [1.82, 2.24) is 15.0 Å². The van der Waals surface area contributed by atoms with E-state index in [4.69, 9.17) is 0 Å². The number of para-hydroxylation sites is 1. The van der Waals surface area contributed by atoms with Crippen molar-refractivity contribution >= 4 is 11.0 Å². The molecule has 0 radical (unpaired) electrons. The van der Waals surface area contributed by atoms with Gasteiger partial charge in [0, 0.05) is 5.52 Å². The van der Waals surface area contributed by atoms with Gasteiger partial charge in [-0.25, -0.2) is 0 Å². The smallest absolute Gasteiger partial charge is 0.298 e. The molecule has 0 aliphatic heterocycles. The summed E-state index contributed by atoms with van der Waals surface area (Å²) < 4.78 is 1.81. The Morgan fingerprint density at radius 2 is 1.89 bits per heavy atom. The molecule has 0 aliphatic carbocycles. The van der Waals surface area contributed by atoms with Gasteiger partial charge in [0.1, 0.15) is 0 Å². The third-order valence-electron chi connectivity index (χ3n) is 2.69. The fourth-order valence-electron chi connectivity index (χ4n) is 1.87. The maximum Gasteiger partial charge on any atom is 1.00 e. The zero-order valence-electron chi connectivity index (χ0n) is 10.5. The molecule has 3 aromatic rings. The Bertz CT molecular complexity index is 661. The Morgan fingerprint density at radius 3 is 2.72 bits per heavy atom. The summed E-state index contributed by atoms with van der Waals surface area (Å²) in [5.41, 5.74) is 4.30. The molecule has 0 saturated heterocycles. The molecule has 0 bridgehead atoms. The molecular weight excluding hydrogens is 217 g/mol. The first kappa shape index (κ1) is 12.8. The average Bonchev–Trinajstić information content (AvgIpc) is 2.73. The minimum Gasteiger partial charge on any atom is -0.298 e. The number of hydrogen-bond donors (Lipinski definition) is 0. The van der Waals surface area contributed by atoms with E-state index >= 15 is 0 Å². The summed E-state index contributed by atoms with van der Waals surface area (Å²) in [4.78, 5) is 0. The topological polar surface area (TPSA) is 30.7 Å². The number of hydrogen-bond acceptors (Lipinski definition) is 2. The van der Waals surface area contributed by atoms with Crippen molar-refractivity contribution in [3.8, 4) is 0 Å². The van der Waals surface area contributed by atoms with Gasteiger partial charge < -0.3 is 0 Å². The van der Waals surface area contributed by atoms with Crippen LogP contribution in [-0.2, 0) is 0 Å². The summed E-state index contributed by atoms with van der Waals surface area (Å²) in [6, 6.07) is 16.2. The first-order valence-electron chi connectivity index (χ1n) is 5.54. The molecular formula is C14H12LiN3. The van der Waals surface area contributed by atoms with Gasteiger partial charge in [0.15, 0.2) is 0 Å². The zero-order chi connectivity index (χ0) is 11.7. The molecule has 18 heavy (non-hydrogen) atoms. The van der Waals surface area contributed by atoms with E-state index in [2.05, 4.69) is 35.4 Å². The van der Waals surface area contributed by atoms with E-state index in [9.17, 15) is 0 Å². The summed E-state index contributed by atoms with van der Waals surface area (Å²) in [5, 5.41) is 8.25. The van der Waals surface area contributed by atoms with Gasteiger partial charge in [0.25, 0.3) is 0 Å². The number of aromatic nitrogens is 3. The first-order valence-corrected chi connectivity index (χ1v) is 5.54. The number of fused-ring (bicyclic) bond motifs is 1. The number of aryl methyl sites for hydroxylation is 1. The van der Waals surface area contributed by atoms with E-state index in [0.29, 0.717) is 0 Å². The van der Waals surface area contributed by atoms with Crippen LogP contribution in [0.4, 0.5) is 0 Å². The van der Waals surface area contributed by atoms with Crippen LogP contribution in [0.25, 0.3) is 11.0 Å². The van der Waals surface area contributed by atoms with Crippen LogP contribution in [0.2, 0.25) is 0 Å². The van der Waals surface area contributed by atoms with Crippen LogP contribution in [0, 0.1) is 13.5 Å². The molecule has 0 aliphatic rings. The van der Waals surface area contributed by atoms with Crippen molar-refractivity contribution in [3.63, 3.8) is 0 Å². The van der Waals surface area contributed by atoms with E-state index in [1.807, 2.05) is 41.6 Å². The zero-order valence-corrected chi connectivity index (χ0v) is 10.5. The molecule has 0 saturated carbocycles. The van der Waals surface area contributed by atoms with E-state index in [1.165, 1.54) is 5.56 Å². The molecule has 0 spiro atoms. The van der Waals surface area contributed by atoms with E-state index in [-0.39, 0.29) is 18.9 Å². The predicted octanol–water partition coefficient (Wildman–Crippen LogP) is -0.198. The summed E-state index contributed by atoms with van der Waals surface area (Å²) in [6.07, 6.45) is 0. The largest absolute Gasteiger partial charge is 1.00 e. The molecule has 1 heterocycles. The van der Waals surface area contributed by atoms with Crippen LogP contribution in [0.1, 0.15) is 11.1 Å². The SMILES string of the molecule is Cc1cccc([CH-]n2nnc3ccccc32)c1.[Li+]. The normalized spacial score (nSPS) is 10.1. The molecule has 2 aromatic carbocycles. The van der Waals surface area contributed by atoms with Gasteiger partial charge in [-0.3, -0.25) is 4.68 Å². The van der Waals surface area contributed by atoms with Crippen molar-refractivity contribution in [3.05, 3.63) is 66.2 Å².